The van der Waals surface area contributed by atoms with Crippen molar-refractivity contribution in [3.8, 4) is 40.2 Å². The average Bonchev–Trinajstić information content (AvgIpc) is 3.23. The quantitative estimate of drug-likeness (QED) is 0.229. The molecule has 9 nitrogen and oxygen atoms in total. The van der Waals surface area contributed by atoms with Crippen molar-refractivity contribution >= 4 is 28.3 Å². The molecule has 3 N–H and O–H groups in total. The number of carbonyl (C=O) groups is 1. The molecular weight excluding hydrogens is 540 g/mol. The molecule has 210 valence electrons. The Hall–Kier alpha value is -5.63. The normalized spacial score (nSPS) is 10.9. The largest absolute Gasteiger partial charge is 0.421 e. The van der Waals surface area contributed by atoms with Gasteiger partial charge in [-0.05, 0) is 62.2 Å². The number of nitrogens with two attached hydrogens (primary N) is 1. The highest BCUT2D eigenvalue weighted by Gasteiger charge is 2.27. The van der Waals surface area contributed by atoms with E-state index < -0.39 is 17.5 Å². The number of rotatable bonds is 6. The summed E-state index contributed by atoms with van der Waals surface area (Å²) in [6.07, 6.45) is 2.84. The van der Waals surface area contributed by atoms with Crippen molar-refractivity contribution in [2.24, 2.45) is 7.05 Å². The minimum absolute atomic E-state index is 0.0175. The molecule has 5 aromatic rings. The maximum absolute atomic E-state index is 15.9. The summed E-state index contributed by atoms with van der Waals surface area (Å²) in [6.45, 7) is 8.59. The van der Waals surface area contributed by atoms with Gasteiger partial charge in [0.05, 0.1) is 22.2 Å². The van der Waals surface area contributed by atoms with Gasteiger partial charge in [0, 0.05) is 47.5 Å². The SMILES string of the molecule is C=C(C)C(=O)Nc1cc(C)c(-c2c(-c3ccc(Oc4nccc(C)n4)c(F)c3)c3c(N)ncc(C#N)c3n2C)c(F)c1. The van der Waals surface area contributed by atoms with E-state index in [1.165, 1.54) is 30.6 Å². The molecule has 0 bridgehead atoms. The Labute approximate surface area is 239 Å². The first-order valence-electron chi connectivity index (χ1n) is 12.7. The zero-order valence-corrected chi connectivity index (χ0v) is 23.2. The summed E-state index contributed by atoms with van der Waals surface area (Å²) in [5, 5.41) is 12.8. The van der Waals surface area contributed by atoms with Gasteiger partial charge >= 0.3 is 6.01 Å². The number of aromatic nitrogens is 4. The number of halogens is 2. The highest BCUT2D eigenvalue weighted by Crippen LogP contribution is 2.46. The van der Waals surface area contributed by atoms with Crippen LogP contribution in [-0.4, -0.2) is 25.4 Å². The van der Waals surface area contributed by atoms with E-state index >= 15 is 8.78 Å². The van der Waals surface area contributed by atoms with Gasteiger partial charge in [-0.3, -0.25) is 4.79 Å². The molecule has 3 heterocycles. The van der Waals surface area contributed by atoms with E-state index in [1.54, 1.807) is 50.6 Å². The third kappa shape index (κ3) is 4.90. The van der Waals surface area contributed by atoms with Crippen molar-refractivity contribution in [2.45, 2.75) is 20.8 Å². The van der Waals surface area contributed by atoms with Crippen molar-refractivity contribution in [2.75, 3.05) is 11.1 Å². The molecule has 0 radical (unpaired) electrons. The molecule has 2 aromatic carbocycles. The number of nitrogens with zero attached hydrogens (tertiary/aromatic N) is 5. The first-order valence-corrected chi connectivity index (χ1v) is 12.7. The van der Waals surface area contributed by atoms with Crippen LogP contribution in [-0.2, 0) is 11.8 Å². The molecular formula is C31H25F2N7O2. The molecule has 11 heteroatoms. The average molecular weight is 566 g/mol. The molecule has 0 fully saturated rings. The third-order valence-corrected chi connectivity index (χ3v) is 6.72. The molecule has 0 saturated carbocycles. The predicted molar refractivity (Wildman–Crippen MR) is 156 cm³/mol. The van der Waals surface area contributed by atoms with Crippen LogP contribution < -0.4 is 15.8 Å². The molecule has 0 unspecified atom stereocenters. The first kappa shape index (κ1) is 27.9. The molecule has 3 aromatic heterocycles. The smallest absolute Gasteiger partial charge is 0.322 e. The van der Waals surface area contributed by atoms with Gasteiger partial charge in [-0.2, -0.15) is 5.26 Å². The fourth-order valence-corrected chi connectivity index (χ4v) is 4.83. The number of hydrogen-bond acceptors (Lipinski definition) is 7. The number of benzene rings is 2. The predicted octanol–water partition coefficient (Wildman–Crippen LogP) is 6.35. The molecule has 1 amide bonds. The van der Waals surface area contributed by atoms with E-state index in [0.29, 0.717) is 39.0 Å². The van der Waals surface area contributed by atoms with Crippen LogP contribution in [0.3, 0.4) is 0 Å². The second kappa shape index (κ2) is 10.7. The van der Waals surface area contributed by atoms with Crippen molar-refractivity contribution in [1.82, 2.24) is 19.5 Å². The monoisotopic (exact) mass is 565 g/mol. The van der Waals surface area contributed by atoms with E-state index in [-0.39, 0.29) is 40.0 Å². The summed E-state index contributed by atoms with van der Waals surface area (Å²) in [5.41, 5.74) is 9.79. The number of anilines is 2. The van der Waals surface area contributed by atoms with Crippen LogP contribution in [0.25, 0.3) is 33.3 Å². The number of nitrogen functional groups attached to an aromatic ring is 1. The Kier molecular flexibility index (Phi) is 7.14. The van der Waals surface area contributed by atoms with Gasteiger partial charge in [-0.15, -0.1) is 0 Å². The fraction of sp³-hybridized carbons (Fsp3) is 0.129. The van der Waals surface area contributed by atoms with E-state index in [9.17, 15) is 10.1 Å². The van der Waals surface area contributed by atoms with Crippen LogP contribution in [0.4, 0.5) is 20.3 Å². The minimum atomic E-state index is -0.724. The van der Waals surface area contributed by atoms with Crippen molar-refractivity contribution in [3.63, 3.8) is 0 Å². The lowest BCUT2D eigenvalue weighted by Crippen LogP contribution is -2.12. The molecule has 0 aliphatic carbocycles. The minimum Gasteiger partial charge on any atom is -0.421 e. The summed E-state index contributed by atoms with van der Waals surface area (Å²) >= 11 is 0. The molecule has 0 spiro atoms. The molecule has 0 aliphatic rings. The number of nitriles is 1. The summed E-state index contributed by atoms with van der Waals surface area (Å²) in [7, 11) is 1.67. The lowest BCUT2D eigenvalue weighted by atomic mass is 9.95. The Morgan fingerprint density at radius 3 is 2.52 bits per heavy atom. The maximum atomic E-state index is 15.9. The van der Waals surface area contributed by atoms with Crippen LogP contribution in [0.15, 0.2) is 60.9 Å². The number of fused-ring (bicyclic) bond motifs is 1. The van der Waals surface area contributed by atoms with Crippen molar-refractivity contribution < 1.29 is 18.3 Å². The Balaban J connectivity index is 1.74. The molecule has 5 rings (SSSR count). The van der Waals surface area contributed by atoms with E-state index in [1.807, 2.05) is 0 Å². The van der Waals surface area contributed by atoms with Crippen molar-refractivity contribution in [1.29, 1.82) is 5.26 Å². The summed E-state index contributed by atoms with van der Waals surface area (Å²) in [5.74, 6) is -1.86. The van der Waals surface area contributed by atoms with Crippen molar-refractivity contribution in [3.05, 3.63) is 89.4 Å². The highest BCUT2D eigenvalue weighted by atomic mass is 19.1. The number of nitrogens with one attached hydrogen (secondary N) is 1. The zero-order valence-electron chi connectivity index (χ0n) is 23.2. The van der Waals surface area contributed by atoms with E-state index in [0.717, 1.165) is 0 Å². The topological polar surface area (TPSA) is 132 Å². The van der Waals surface area contributed by atoms with Gasteiger partial charge in [0.1, 0.15) is 17.7 Å². The van der Waals surface area contributed by atoms with E-state index in [2.05, 4.69) is 32.9 Å². The van der Waals surface area contributed by atoms with Gasteiger partial charge in [0.15, 0.2) is 11.6 Å². The number of carbonyl (C=O) groups excluding carboxylic acids is 1. The molecule has 0 saturated heterocycles. The standard InChI is InChI=1S/C31H25F2N7O2/c1-15(2)30(41)39-20-10-16(3)24(22(33)12-20)28-25(26-27(40(28)5)19(13-34)14-37-29(26)35)18-6-7-23(21(32)11-18)42-31-36-9-8-17(4)38-31/h6-12,14H,1H2,2-5H3,(H2,35,37)(H,39,41). The fourth-order valence-electron chi connectivity index (χ4n) is 4.83. The second-order valence-corrected chi connectivity index (χ2v) is 9.79. The zero-order chi connectivity index (χ0) is 30.3. The van der Waals surface area contributed by atoms with Gasteiger partial charge in [-0.1, -0.05) is 12.6 Å². The van der Waals surface area contributed by atoms with Crippen LogP contribution in [0, 0.1) is 36.8 Å². The molecule has 42 heavy (non-hydrogen) atoms. The number of ether oxygens (including phenoxy) is 1. The third-order valence-electron chi connectivity index (χ3n) is 6.72. The lowest BCUT2D eigenvalue weighted by molar-refractivity contribution is -0.112. The Morgan fingerprint density at radius 1 is 1.12 bits per heavy atom. The number of hydrogen-bond donors (Lipinski definition) is 2. The highest BCUT2D eigenvalue weighted by molar-refractivity contribution is 6.11. The Bertz CT molecular complexity index is 1950. The molecule has 0 atom stereocenters. The van der Waals surface area contributed by atoms with E-state index in [4.69, 9.17) is 10.5 Å². The first-order chi connectivity index (χ1) is 20.0. The van der Waals surface area contributed by atoms with Crippen LogP contribution in [0.1, 0.15) is 23.7 Å². The second-order valence-electron chi connectivity index (χ2n) is 9.79. The lowest BCUT2D eigenvalue weighted by Gasteiger charge is -2.15. The van der Waals surface area contributed by atoms with Gasteiger partial charge in [0.25, 0.3) is 5.91 Å². The summed E-state index contributed by atoms with van der Waals surface area (Å²) in [4.78, 5) is 24.5. The summed E-state index contributed by atoms with van der Waals surface area (Å²) in [6, 6.07) is 10.8. The number of aryl methyl sites for hydroxylation is 3. The number of amides is 1. The summed E-state index contributed by atoms with van der Waals surface area (Å²) < 4.78 is 38.7. The maximum Gasteiger partial charge on any atom is 0.322 e. The molecule has 0 aliphatic heterocycles. The number of pyridine rings is 1. The van der Waals surface area contributed by atoms with Gasteiger partial charge in [0.2, 0.25) is 0 Å². The van der Waals surface area contributed by atoms with Crippen LogP contribution in [0.2, 0.25) is 0 Å². The van der Waals surface area contributed by atoms with Crippen LogP contribution in [0.5, 0.6) is 11.8 Å². The van der Waals surface area contributed by atoms with Crippen LogP contribution >= 0.6 is 0 Å². The van der Waals surface area contributed by atoms with Gasteiger partial charge < -0.3 is 20.4 Å². The van der Waals surface area contributed by atoms with Gasteiger partial charge in [-0.25, -0.2) is 23.7 Å². The Morgan fingerprint density at radius 2 is 1.88 bits per heavy atom.